The molecule has 1 N–H and O–H groups in total. The van der Waals surface area contributed by atoms with E-state index in [0.717, 1.165) is 24.2 Å². The fourth-order valence-corrected chi connectivity index (χ4v) is 2.53. The number of allylic oxidation sites excluding steroid dienone is 2. The summed E-state index contributed by atoms with van der Waals surface area (Å²) in [6.45, 7) is 2.79. The molecule has 0 radical (unpaired) electrons. The number of anilines is 1. The minimum atomic E-state index is 0.578. The molecule has 1 aromatic carbocycles. The van der Waals surface area contributed by atoms with Gasteiger partial charge in [-0.3, -0.25) is 0 Å². The lowest BCUT2D eigenvalue weighted by molar-refractivity contribution is 0.504. The van der Waals surface area contributed by atoms with E-state index in [1.807, 2.05) is 18.2 Å². The van der Waals surface area contributed by atoms with Crippen LogP contribution in [-0.4, -0.2) is 16.7 Å². The number of rotatable bonds is 4. The van der Waals surface area contributed by atoms with Crippen molar-refractivity contribution < 1.29 is 4.42 Å². The van der Waals surface area contributed by atoms with Gasteiger partial charge in [-0.2, -0.15) is 0 Å². The standard InChI is InChI=1S/C16H19N3O/c1-12-18-19-16(20-12)14-9-5-6-10-15(14)17-11-13-7-3-2-4-8-13/h2-3,5-6,9-10,13,17H,4,7-8,11H2,1H3. The molecule has 1 heterocycles. The minimum Gasteiger partial charge on any atom is -0.421 e. The van der Waals surface area contributed by atoms with E-state index in [1.165, 1.54) is 12.8 Å². The molecule has 1 aliphatic rings. The summed E-state index contributed by atoms with van der Waals surface area (Å²) in [6, 6.07) is 8.09. The number of hydrogen-bond acceptors (Lipinski definition) is 4. The normalized spacial score (nSPS) is 18.1. The lowest BCUT2D eigenvalue weighted by Gasteiger charge is -2.19. The second-order valence-electron chi connectivity index (χ2n) is 5.20. The molecule has 1 unspecified atom stereocenters. The van der Waals surface area contributed by atoms with Crippen molar-refractivity contribution in [3.8, 4) is 11.5 Å². The predicted octanol–water partition coefficient (Wildman–Crippen LogP) is 3.81. The van der Waals surface area contributed by atoms with Crippen LogP contribution >= 0.6 is 0 Å². The van der Waals surface area contributed by atoms with Gasteiger partial charge < -0.3 is 9.73 Å². The summed E-state index contributed by atoms with van der Waals surface area (Å²) in [5.41, 5.74) is 2.03. The van der Waals surface area contributed by atoms with E-state index in [0.29, 0.717) is 17.7 Å². The lowest BCUT2D eigenvalue weighted by Crippen LogP contribution is -2.15. The Balaban J connectivity index is 1.74. The molecule has 0 bridgehead atoms. The van der Waals surface area contributed by atoms with Crippen molar-refractivity contribution in [3.63, 3.8) is 0 Å². The van der Waals surface area contributed by atoms with Gasteiger partial charge in [0.15, 0.2) is 0 Å². The molecule has 20 heavy (non-hydrogen) atoms. The van der Waals surface area contributed by atoms with E-state index >= 15 is 0 Å². The van der Waals surface area contributed by atoms with Gasteiger partial charge in [0.2, 0.25) is 11.8 Å². The quantitative estimate of drug-likeness (QED) is 0.857. The van der Waals surface area contributed by atoms with Crippen LogP contribution in [0.4, 0.5) is 5.69 Å². The van der Waals surface area contributed by atoms with Gasteiger partial charge in [-0.15, -0.1) is 10.2 Å². The fourth-order valence-electron chi connectivity index (χ4n) is 2.53. The second-order valence-corrected chi connectivity index (χ2v) is 5.20. The highest BCUT2D eigenvalue weighted by Gasteiger charge is 2.13. The maximum atomic E-state index is 5.53. The monoisotopic (exact) mass is 269 g/mol. The highest BCUT2D eigenvalue weighted by molar-refractivity contribution is 5.72. The number of nitrogens with one attached hydrogen (secondary N) is 1. The number of aromatic nitrogens is 2. The molecule has 2 aromatic rings. The molecule has 0 aliphatic heterocycles. The molecular weight excluding hydrogens is 250 g/mol. The zero-order chi connectivity index (χ0) is 13.8. The van der Waals surface area contributed by atoms with Crippen molar-refractivity contribution in [3.05, 3.63) is 42.3 Å². The summed E-state index contributed by atoms with van der Waals surface area (Å²) < 4.78 is 5.53. The Morgan fingerprint density at radius 1 is 1.25 bits per heavy atom. The zero-order valence-corrected chi connectivity index (χ0v) is 11.7. The Bertz CT molecular complexity index is 603. The molecule has 0 fully saturated rings. The van der Waals surface area contributed by atoms with Gasteiger partial charge in [-0.25, -0.2) is 0 Å². The molecule has 1 aromatic heterocycles. The summed E-state index contributed by atoms with van der Waals surface area (Å²) in [5.74, 6) is 1.87. The number of benzene rings is 1. The highest BCUT2D eigenvalue weighted by atomic mass is 16.4. The van der Waals surface area contributed by atoms with Crippen molar-refractivity contribution in [2.45, 2.75) is 26.2 Å². The van der Waals surface area contributed by atoms with Crippen LogP contribution in [0.5, 0.6) is 0 Å². The van der Waals surface area contributed by atoms with Gasteiger partial charge in [-0.1, -0.05) is 24.3 Å². The number of hydrogen-bond donors (Lipinski definition) is 1. The topological polar surface area (TPSA) is 51.0 Å². The van der Waals surface area contributed by atoms with E-state index < -0.39 is 0 Å². The maximum absolute atomic E-state index is 5.53. The molecule has 0 spiro atoms. The predicted molar refractivity (Wildman–Crippen MR) is 79.4 cm³/mol. The summed E-state index contributed by atoms with van der Waals surface area (Å²) in [7, 11) is 0. The van der Waals surface area contributed by atoms with Crippen LogP contribution in [0.1, 0.15) is 25.2 Å². The highest BCUT2D eigenvalue weighted by Crippen LogP contribution is 2.27. The Labute approximate surface area is 118 Å². The second kappa shape index (κ2) is 5.90. The Hall–Kier alpha value is -2.10. The van der Waals surface area contributed by atoms with Gasteiger partial charge in [0.1, 0.15) is 0 Å². The van der Waals surface area contributed by atoms with Crippen LogP contribution in [0, 0.1) is 12.8 Å². The summed E-state index contributed by atoms with van der Waals surface area (Å²) >= 11 is 0. The first-order valence-electron chi connectivity index (χ1n) is 7.11. The molecular formula is C16H19N3O. The Morgan fingerprint density at radius 2 is 2.15 bits per heavy atom. The van der Waals surface area contributed by atoms with Crippen LogP contribution in [0.3, 0.4) is 0 Å². The smallest absolute Gasteiger partial charge is 0.249 e. The lowest BCUT2D eigenvalue weighted by atomic mass is 9.94. The molecule has 0 amide bonds. The van der Waals surface area contributed by atoms with Gasteiger partial charge in [0.05, 0.1) is 5.56 Å². The molecule has 3 rings (SSSR count). The van der Waals surface area contributed by atoms with Crippen molar-refractivity contribution >= 4 is 5.69 Å². The molecule has 0 saturated heterocycles. The number of para-hydroxylation sites is 1. The van der Waals surface area contributed by atoms with Crippen LogP contribution in [0.2, 0.25) is 0 Å². The summed E-state index contributed by atoms with van der Waals surface area (Å²) in [6.07, 6.45) is 8.16. The van der Waals surface area contributed by atoms with E-state index in [4.69, 9.17) is 4.42 Å². The molecule has 1 atom stereocenters. The van der Waals surface area contributed by atoms with Crippen molar-refractivity contribution in [2.24, 2.45) is 5.92 Å². The Morgan fingerprint density at radius 3 is 2.90 bits per heavy atom. The third kappa shape index (κ3) is 2.90. The Kier molecular flexibility index (Phi) is 3.81. The van der Waals surface area contributed by atoms with Crippen LogP contribution in [0.15, 0.2) is 40.8 Å². The van der Waals surface area contributed by atoms with Gasteiger partial charge >= 0.3 is 0 Å². The molecule has 4 nitrogen and oxygen atoms in total. The van der Waals surface area contributed by atoms with Crippen LogP contribution < -0.4 is 5.32 Å². The van der Waals surface area contributed by atoms with Crippen LogP contribution in [0.25, 0.3) is 11.5 Å². The van der Waals surface area contributed by atoms with Crippen molar-refractivity contribution in [2.75, 3.05) is 11.9 Å². The third-order valence-electron chi connectivity index (χ3n) is 3.64. The summed E-state index contributed by atoms with van der Waals surface area (Å²) in [5, 5.41) is 11.5. The SMILES string of the molecule is Cc1nnc(-c2ccccc2NCC2CC=CCC2)o1. The number of aryl methyl sites for hydroxylation is 1. The van der Waals surface area contributed by atoms with E-state index in [9.17, 15) is 0 Å². The van der Waals surface area contributed by atoms with Crippen molar-refractivity contribution in [1.29, 1.82) is 0 Å². The molecule has 0 saturated carbocycles. The van der Waals surface area contributed by atoms with E-state index in [-0.39, 0.29) is 0 Å². The first kappa shape index (κ1) is 12.9. The fraction of sp³-hybridized carbons (Fsp3) is 0.375. The largest absolute Gasteiger partial charge is 0.421 e. The molecule has 104 valence electrons. The van der Waals surface area contributed by atoms with E-state index in [2.05, 4.69) is 33.7 Å². The average molecular weight is 269 g/mol. The first-order chi connectivity index (χ1) is 9.83. The average Bonchev–Trinajstić information content (AvgIpc) is 2.93. The minimum absolute atomic E-state index is 0.578. The van der Waals surface area contributed by atoms with Crippen molar-refractivity contribution in [1.82, 2.24) is 10.2 Å². The van der Waals surface area contributed by atoms with Gasteiger partial charge in [0.25, 0.3) is 0 Å². The molecule has 1 aliphatic carbocycles. The first-order valence-corrected chi connectivity index (χ1v) is 7.11. The third-order valence-corrected chi connectivity index (χ3v) is 3.64. The maximum Gasteiger partial charge on any atom is 0.249 e. The van der Waals surface area contributed by atoms with Gasteiger partial charge in [-0.05, 0) is 37.3 Å². The van der Waals surface area contributed by atoms with Gasteiger partial charge in [0, 0.05) is 19.2 Å². The number of nitrogens with zero attached hydrogens (tertiary/aromatic N) is 2. The van der Waals surface area contributed by atoms with E-state index in [1.54, 1.807) is 6.92 Å². The van der Waals surface area contributed by atoms with Crippen LogP contribution in [-0.2, 0) is 0 Å². The molecule has 4 heteroatoms. The summed E-state index contributed by atoms with van der Waals surface area (Å²) in [4.78, 5) is 0. The zero-order valence-electron chi connectivity index (χ0n) is 11.7.